The first-order valence-electron chi connectivity index (χ1n) is 11.3. The molecular weight excluding hydrogens is 482 g/mol. The summed E-state index contributed by atoms with van der Waals surface area (Å²) in [5.41, 5.74) is 4.00. The van der Waals surface area contributed by atoms with Gasteiger partial charge in [-0.1, -0.05) is 60.7 Å². The fraction of sp³-hybridized carbons (Fsp3) is 0.231. The number of hydrogen-bond donors (Lipinski definition) is 1. The molecule has 3 aromatic rings. The van der Waals surface area contributed by atoms with E-state index in [0.29, 0.717) is 5.75 Å². The van der Waals surface area contributed by atoms with E-state index in [2.05, 4.69) is 5.48 Å². The molecule has 1 atom stereocenters. The molecule has 2 amide bonds. The first-order chi connectivity index (χ1) is 17.4. The normalized spacial score (nSPS) is 16.5. The standard InChI is InChI=1S/C26H27N3O6S/c1-34-22-12-14-23(15-13-22)36(32,33)29-19-28(17-20-8-4-2-5-9-20)25(30)16-24(29)26(31)27-35-18-21-10-6-3-7-11-21/h2-15,24H,16-19H2,1H3,(H,27,31). The van der Waals surface area contributed by atoms with E-state index in [9.17, 15) is 18.0 Å². The Hall–Kier alpha value is -3.73. The number of rotatable bonds is 9. The molecule has 10 heteroatoms. The number of nitrogens with one attached hydrogen (secondary N) is 1. The molecule has 9 nitrogen and oxygen atoms in total. The van der Waals surface area contributed by atoms with E-state index >= 15 is 0 Å². The molecule has 1 heterocycles. The summed E-state index contributed by atoms with van der Waals surface area (Å²) in [6.07, 6.45) is -0.317. The third kappa shape index (κ3) is 5.91. The Bertz CT molecular complexity index is 1280. The monoisotopic (exact) mass is 509 g/mol. The lowest BCUT2D eigenvalue weighted by Gasteiger charge is -2.39. The van der Waals surface area contributed by atoms with Gasteiger partial charge in [0, 0.05) is 6.54 Å². The molecule has 1 aliphatic rings. The highest BCUT2D eigenvalue weighted by atomic mass is 32.2. The second kappa shape index (κ2) is 11.3. The summed E-state index contributed by atoms with van der Waals surface area (Å²) in [6.45, 7) is 0.0324. The Balaban J connectivity index is 1.56. The van der Waals surface area contributed by atoms with Gasteiger partial charge in [0.2, 0.25) is 15.9 Å². The molecule has 0 spiro atoms. The summed E-state index contributed by atoms with van der Waals surface area (Å²) in [7, 11) is -2.66. The van der Waals surface area contributed by atoms with Gasteiger partial charge in [0.1, 0.15) is 11.8 Å². The number of methoxy groups -OCH3 is 1. The Kier molecular flexibility index (Phi) is 7.99. The highest BCUT2D eigenvalue weighted by molar-refractivity contribution is 7.89. The van der Waals surface area contributed by atoms with Crippen LogP contribution in [0.5, 0.6) is 5.75 Å². The first kappa shape index (κ1) is 25.4. The number of benzene rings is 3. The Morgan fingerprint density at radius 3 is 2.17 bits per heavy atom. The van der Waals surface area contributed by atoms with Crippen molar-refractivity contribution in [3.63, 3.8) is 0 Å². The smallest absolute Gasteiger partial charge is 0.262 e. The third-order valence-corrected chi connectivity index (χ3v) is 7.67. The van der Waals surface area contributed by atoms with Crippen LogP contribution in [-0.2, 0) is 37.6 Å². The molecule has 188 valence electrons. The topological polar surface area (TPSA) is 105 Å². The van der Waals surface area contributed by atoms with E-state index in [4.69, 9.17) is 9.57 Å². The van der Waals surface area contributed by atoms with E-state index in [-0.39, 0.29) is 37.0 Å². The Morgan fingerprint density at radius 2 is 1.56 bits per heavy atom. The second-order valence-corrected chi connectivity index (χ2v) is 10.1. The molecule has 1 N–H and O–H groups in total. The average Bonchev–Trinajstić information content (AvgIpc) is 2.90. The maximum atomic E-state index is 13.6. The first-order valence-corrected chi connectivity index (χ1v) is 12.8. The van der Waals surface area contributed by atoms with E-state index in [1.807, 2.05) is 60.7 Å². The molecule has 1 saturated heterocycles. The van der Waals surface area contributed by atoms with Gasteiger partial charge in [0.25, 0.3) is 5.91 Å². The van der Waals surface area contributed by atoms with E-state index in [0.717, 1.165) is 15.4 Å². The summed E-state index contributed by atoms with van der Waals surface area (Å²) in [4.78, 5) is 32.8. The molecule has 1 aliphatic heterocycles. The van der Waals surface area contributed by atoms with Crippen molar-refractivity contribution in [1.82, 2.24) is 14.7 Å². The van der Waals surface area contributed by atoms with Crippen molar-refractivity contribution >= 4 is 21.8 Å². The van der Waals surface area contributed by atoms with E-state index in [1.165, 1.54) is 36.3 Å². The Morgan fingerprint density at radius 1 is 0.944 bits per heavy atom. The molecular formula is C26H27N3O6S. The van der Waals surface area contributed by atoms with Gasteiger partial charge >= 0.3 is 0 Å². The lowest BCUT2D eigenvalue weighted by atomic mass is 10.1. The zero-order valence-electron chi connectivity index (χ0n) is 19.7. The fourth-order valence-corrected chi connectivity index (χ4v) is 5.41. The SMILES string of the molecule is COc1ccc(S(=O)(=O)N2CN(Cc3ccccc3)C(=O)CC2C(=O)NOCc2ccccc2)cc1. The van der Waals surface area contributed by atoms with Crippen molar-refractivity contribution in [2.75, 3.05) is 13.8 Å². The summed E-state index contributed by atoms with van der Waals surface area (Å²) in [5.74, 6) is -0.545. The van der Waals surface area contributed by atoms with Gasteiger partial charge in [-0.3, -0.25) is 14.4 Å². The van der Waals surface area contributed by atoms with Crippen LogP contribution < -0.4 is 10.2 Å². The molecule has 0 saturated carbocycles. The third-order valence-electron chi connectivity index (χ3n) is 5.82. The molecule has 1 unspecified atom stereocenters. The summed E-state index contributed by atoms with van der Waals surface area (Å²) < 4.78 is 33.4. The van der Waals surface area contributed by atoms with Crippen molar-refractivity contribution in [2.45, 2.75) is 30.5 Å². The van der Waals surface area contributed by atoms with Crippen molar-refractivity contribution in [1.29, 1.82) is 0 Å². The van der Waals surface area contributed by atoms with Crippen LogP contribution >= 0.6 is 0 Å². The minimum absolute atomic E-state index is 0.0136. The number of ether oxygens (including phenoxy) is 1. The summed E-state index contributed by atoms with van der Waals surface area (Å²) >= 11 is 0. The van der Waals surface area contributed by atoms with Crippen LogP contribution in [0.2, 0.25) is 0 Å². The number of hydrogen-bond acceptors (Lipinski definition) is 6. The van der Waals surface area contributed by atoms with Crippen LogP contribution in [0.4, 0.5) is 0 Å². The quantitative estimate of drug-likeness (QED) is 0.445. The Labute approximate surface area is 210 Å². The molecule has 36 heavy (non-hydrogen) atoms. The van der Waals surface area contributed by atoms with Crippen molar-refractivity contribution in [3.8, 4) is 5.75 Å². The van der Waals surface area contributed by atoms with Crippen LogP contribution in [-0.4, -0.2) is 49.3 Å². The molecule has 4 rings (SSSR count). The number of amides is 2. The largest absolute Gasteiger partial charge is 0.497 e. The molecule has 0 aromatic heterocycles. The molecule has 1 fully saturated rings. The van der Waals surface area contributed by atoms with Gasteiger partial charge in [0.15, 0.2) is 0 Å². The molecule has 0 bridgehead atoms. The number of sulfonamides is 1. The maximum absolute atomic E-state index is 13.6. The summed E-state index contributed by atoms with van der Waals surface area (Å²) in [6, 6.07) is 23.1. The van der Waals surface area contributed by atoms with Gasteiger partial charge in [-0.15, -0.1) is 0 Å². The fourth-order valence-electron chi connectivity index (χ4n) is 3.87. The summed E-state index contributed by atoms with van der Waals surface area (Å²) in [5, 5.41) is 0. The zero-order valence-corrected chi connectivity index (χ0v) is 20.6. The van der Waals surface area contributed by atoms with Crippen LogP contribution in [0.15, 0.2) is 89.8 Å². The number of nitrogens with zero attached hydrogens (tertiary/aromatic N) is 2. The highest BCUT2D eigenvalue weighted by Crippen LogP contribution is 2.27. The predicted molar refractivity (Wildman–Crippen MR) is 132 cm³/mol. The second-order valence-electron chi connectivity index (χ2n) is 8.25. The van der Waals surface area contributed by atoms with Gasteiger partial charge in [-0.25, -0.2) is 13.9 Å². The van der Waals surface area contributed by atoms with Gasteiger partial charge in [0.05, 0.1) is 31.7 Å². The van der Waals surface area contributed by atoms with Crippen molar-refractivity contribution < 1.29 is 27.6 Å². The highest BCUT2D eigenvalue weighted by Gasteiger charge is 2.43. The predicted octanol–water partition coefficient (Wildman–Crippen LogP) is 2.69. The van der Waals surface area contributed by atoms with Crippen LogP contribution in [0.25, 0.3) is 0 Å². The van der Waals surface area contributed by atoms with Gasteiger partial charge in [-0.05, 0) is 35.4 Å². The van der Waals surface area contributed by atoms with Gasteiger partial charge < -0.3 is 9.64 Å². The minimum Gasteiger partial charge on any atom is -0.497 e. The van der Waals surface area contributed by atoms with Crippen LogP contribution in [0, 0.1) is 0 Å². The number of carbonyl (C=O) groups is 2. The van der Waals surface area contributed by atoms with Crippen LogP contribution in [0.3, 0.4) is 0 Å². The lowest BCUT2D eigenvalue weighted by molar-refractivity contribution is -0.149. The van der Waals surface area contributed by atoms with Crippen LogP contribution in [0.1, 0.15) is 17.5 Å². The van der Waals surface area contributed by atoms with Crippen molar-refractivity contribution in [2.24, 2.45) is 0 Å². The molecule has 3 aromatic carbocycles. The van der Waals surface area contributed by atoms with Crippen molar-refractivity contribution in [3.05, 3.63) is 96.1 Å². The molecule has 0 aliphatic carbocycles. The number of carbonyl (C=O) groups excluding carboxylic acids is 2. The minimum atomic E-state index is -4.14. The maximum Gasteiger partial charge on any atom is 0.262 e. The zero-order chi connectivity index (χ0) is 25.5. The van der Waals surface area contributed by atoms with E-state index in [1.54, 1.807) is 0 Å². The van der Waals surface area contributed by atoms with Gasteiger partial charge in [-0.2, -0.15) is 4.31 Å². The average molecular weight is 510 g/mol. The molecule has 0 radical (unpaired) electrons. The number of hydroxylamine groups is 1. The van der Waals surface area contributed by atoms with E-state index < -0.39 is 22.0 Å². The lowest BCUT2D eigenvalue weighted by Crippen LogP contribution is -2.59.